The lowest BCUT2D eigenvalue weighted by Gasteiger charge is -2.20. The first-order valence-corrected chi connectivity index (χ1v) is 10.4. The Hall–Kier alpha value is -1.25. The van der Waals surface area contributed by atoms with Crippen LogP contribution in [0, 0.1) is 17.2 Å². The van der Waals surface area contributed by atoms with Gasteiger partial charge in [-0.15, -0.1) is 23.1 Å². The van der Waals surface area contributed by atoms with Crippen molar-refractivity contribution >= 4 is 35.0 Å². The molecule has 1 aliphatic carbocycles. The van der Waals surface area contributed by atoms with E-state index in [-0.39, 0.29) is 23.6 Å². The molecule has 1 fully saturated rings. The molecular formula is C18H24F2N4S2. The fourth-order valence-corrected chi connectivity index (χ4v) is 5.41. The van der Waals surface area contributed by atoms with Crippen LogP contribution in [0.3, 0.4) is 0 Å². The summed E-state index contributed by atoms with van der Waals surface area (Å²) in [6, 6.07) is 3.72. The lowest BCUT2D eigenvalue weighted by atomic mass is 9.95. The monoisotopic (exact) mass is 398 g/mol. The number of thioether (sulfide) groups is 1. The Labute approximate surface area is 160 Å². The average molecular weight is 399 g/mol. The van der Waals surface area contributed by atoms with E-state index in [0.717, 1.165) is 15.5 Å². The highest BCUT2D eigenvalue weighted by Gasteiger charge is 2.56. The van der Waals surface area contributed by atoms with Crippen molar-refractivity contribution in [2.45, 2.75) is 49.9 Å². The third-order valence-electron chi connectivity index (χ3n) is 5.01. The number of hydrogen-bond donors (Lipinski definition) is 3. The third kappa shape index (κ3) is 4.35. The summed E-state index contributed by atoms with van der Waals surface area (Å²) >= 11 is 3.21. The Morgan fingerprint density at radius 3 is 2.81 bits per heavy atom. The van der Waals surface area contributed by atoms with Crippen molar-refractivity contribution in [3.63, 3.8) is 0 Å². The van der Waals surface area contributed by atoms with E-state index in [2.05, 4.69) is 4.99 Å². The van der Waals surface area contributed by atoms with E-state index in [1.165, 1.54) is 6.21 Å². The zero-order chi connectivity index (χ0) is 18.9. The summed E-state index contributed by atoms with van der Waals surface area (Å²) in [6.45, 7) is 2.55. The summed E-state index contributed by atoms with van der Waals surface area (Å²) in [4.78, 5) is 6.50. The Morgan fingerprint density at radius 2 is 2.23 bits per heavy atom. The summed E-state index contributed by atoms with van der Waals surface area (Å²) in [6.07, 6.45) is 2.20. The molecule has 0 bridgehead atoms. The van der Waals surface area contributed by atoms with E-state index in [9.17, 15) is 8.78 Å². The lowest BCUT2D eigenvalue weighted by molar-refractivity contribution is 0.0951. The van der Waals surface area contributed by atoms with Gasteiger partial charge < -0.3 is 16.9 Å². The van der Waals surface area contributed by atoms with Crippen LogP contribution in [0.15, 0.2) is 33.1 Å². The standard InChI is InChI=1S/C18H24F2N4S2/c1-10-15(6-12(22)5-11-7-18(11,19)20)26-17(16(10)23)14(8-21)24-9-13-3-2-4-25-13/h2-4,8,10-12,15,21H,5-7,9,22-23H2,1H3. The number of nitrogens with two attached hydrogens (primary N) is 2. The molecule has 8 heteroatoms. The van der Waals surface area contributed by atoms with Crippen LogP contribution < -0.4 is 11.5 Å². The number of nitrogens with zero attached hydrogens (tertiary/aromatic N) is 1. The number of aliphatic imine (C=N–C) groups is 1. The second-order valence-electron chi connectivity index (χ2n) is 7.05. The first kappa shape index (κ1) is 19.5. The SMILES string of the molecule is CC1C(N)=C(C(C=N)=NCc2cccs2)SC1CC(N)CC1CC1(F)F. The summed E-state index contributed by atoms with van der Waals surface area (Å²) in [5.41, 5.74) is 13.7. The predicted molar refractivity (Wildman–Crippen MR) is 106 cm³/mol. The van der Waals surface area contributed by atoms with Gasteiger partial charge in [-0.1, -0.05) is 13.0 Å². The van der Waals surface area contributed by atoms with Crippen LogP contribution in [0.4, 0.5) is 8.78 Å². The van der Waals surface area contributed by atoms with E-state index in [1.807, 2.05) is 24.4 Å². The first-order valence-electron chi connectivity index (χ1n) is 8.69. The van der Waals surface area contributed by atoms with Gasteiger partial charge in [0.1, 0.15) is 0 Å². The molecule has 0 spiro atoms. The second-order valence-corrected chi connectivity index (χ2v) is 9.33. The van der Waals surface area contributed by atoms with Crippen LogP contribution >= 0.6 is 23.1 Å². The lowest BCUT2D eigenvalue weighted by Crippen LogP contribution is -2.28. The number of nitrogens with one attached hydrogen (secondary N) is 1. The zero-order valence-corrected chi connectivity index (χ0v) is 16.3. The van der Waals surface area contributed by atoms with Gasteiger partial charge in [0.15, 0.2) is 0 Å². The van der Waals surface area contributed by atoms with Crippen molar-refractivity contribution < 1.29 is 8.78 Å². The maximum absolute atomic E-state index is 13.1. The van der Waals surface area contributed by atoms with Gasteiger partial charge in [0.05, 0.1) is 17.2 Å². The predicted octanol–water partition coefficient (Wildman–Crippen LogP) is 4.02. The highest BCUT2D eigenvalue weighted by atomic mass is 32.2. The molecule has 0 saturated heterocycles. The molecule has 1 aliphatic heterocycles. The van der Waals surface area contributed by atoms with E-state index in [1.54, 1.807) is 23.1 Å². The van der Waals surface area contributed by atoms with Crippen LogP contribution in [0.2, 0.25) is 0 Å². The number of alkyl halides is 2. The highest BCUT2D eigenvalue weighted by Crippen LogP contribution is 2.52. The minimum Gasteiger partial charge on any atom is -0.401 e. The third-order valence-corrected chi connectivity index (χ3v) is 7.46. The Morgan fingerprint density at radius 1 is 1.50 bits per heavy atom. The average Bonchev–Trinajstić information content (AvgIpc) is 2.96. The van der Waals surface area contributed by atoms with Crippen molar-refractivity contribution in [2.24, 2.45) is 28.3 Å². The Bertz CT molecular complexity index is 715. The van der Waals surface area contributed by atoms with E-state index in [0.29, 0.717) is 25.1 Å². The van der Waals surface area contributed by atoms with Gasteiger partial charge >= 0.3 is 0 Å². The van der Waals surface area contributed by atoms with Gasteiger partial charge in [0.2, 0.25) is 0 Å². The second kappa shape index (κ2) is 7.78. The zero-order valence-electron chi connectivity index (χ0n) is 14.6. The van der Waals surface area contributed by atoms with Crippen LogP contribution in [-0.4, -0.2) is 29.1 Å². The molecule has 5 N–H and O–H groups in total. The summed E-state index contributed by atoms with van der Waals surface area (Å²) in [5.74, 6) is -2.99. The minimum absolute atomic E-state index is 0.0347. The first-order chi connectivity index (χ1) is 12.3. The highest BCUT2D eigenvalue weighted by molar-refractivity contribution is 8.05. The molecule has 4 nitrogen and oxygen atoms in total. The quantitative estimate of drug-likeness (QED) is 0.578. The van der Waals surface area contributed by atoms with Gasteiger partial charge in [-0.2, -0.15) is 0 Å². The van der Waals surface area contributed by atoms with Crippen LogP contribution in [0.1, 0.15) is 31.1 Å². The molecule has 2 aliphatic rings. The molecule has 1 aromatic rings. The maximum atomic E-state index is 13.1. The van der Waals surface area contributed by atoms with E-state index < -0.39 is 11.8 Å². The van der Waals surface area contributed by atoms with Gasteiger partial charge in [0.25, 0.3) is 5.92 Å². The number of rotatable bonds is 8. The van der Waals surface area contributed by atoms with Gasteiger partial charge in [0, 0.05) is 46.3 Å². The van der Waals surface area contributed by atoms with Crippen LogP contribution in [0.5, 0.6) is 0 Å². The molecular weight excluding hydrogens is 374 g/mol. The Balaban J connectivity index is 1.61. The molecule has 4 atom stereocenters. The van der Waals surface area contributed by atoms with E-state index >= 15 is 0 Å². The molecule has 1 aromatic heterocycles. The van der Waals surface area contributed by atoms with E-state index in [4.69, 9.17) is 16.9 Å². The van der Waals surface area contributed by atoms with Crippen molar-refractivity contribution in [2.75, 3.05) is 0 Å². The van der Waals surface area contributed by atoms with Gasteiger partial charge in [-0.05, 0) is 24.3 Å². The number of allylic oxidation sites excluding steroid dienone is 2. The van der Waals surface area contributed by atoms with Gasteiger partial charge in [-0.3, -0.25) is 4.99 Å². The molecule has 0 radical (unpaired) electrons. The molecule has 0 aromatic carbocycles. The fraction of sp³-hybridized carbons (Fsp3) is 0.556. The van der Waals surface area contributed by atoms with Crippen molar-refractivity contribution in [1.29, 1.82) is 5.41 Å². The normalized spacial score (nSPS) is 29.1. The topological polar surface area (TPSA) is 88.2 Å². The van der Waals surface area contributed by atoms with Gasteiger partial charge in [-0.25, -0.2) is 8.78 Å². The van der Waals surface area contributed by atoms with Crippen molar-refractivity contribution in [1.82, 2.24) is 0 Å². The van der Waals surface area contributed by atoms with Crippen molar-refractivity contribution in [3.8, 4) is 0 Å². The fourth-order valence-electron chi connectivity index (χ4n) is 3.22. The van der Waals surface area contributed by atoms with Crippen LogP contribution in [0.25, 0.3) is 0 Å². The summed E-state index contributed by atoms with van der Waals surface area (Å²) in [5, 5.41) is 9.83. The summed E-state index contributed by atoms with van der Waals surface area (Å²) in [7, 11) is 0. The maximum Gasteiger partial charge on any atom is 0.251 e. The number of halogens is 2. The van der Waals surface area contributed by atoms with Crippen molar-refractivity contribution in [3.05, 3.63) is 33.0 Å². The molecule has 1 saturated carbocycles. The smallest absolute Gasteiger partial charge is 0.251 e. The molecule has 142 valence electrons. The number of hydrogen-bond acceptors (Lipinski definition) is 6. The molecule has 3 rings (SSSR count). The molecule has 26 heavy (non-hydrogen) atoms. The minimum atomic E-state index is -2.52. The summed E-state index contributed by atoms with van der Waals surface area (Å²) < 4.78 is 26.2. The number of thiophene rings is 1. The molecule has 4 unspecified atom stereocenters. The largest absolute Gasteiger partial charge is 0.401 e. The molecule has 2 heterocycles. The Kier molecular flexibility index (Phi) is 5.84. The molecule has 0 amide bonds. The van der Waals surface area contributed by atoms with Crippen LogP contribution in [-0.2, 0) is 6.54 Å².